The fourth-order valence-electron chi connectivity index (χ4n) is 1.11. The van der Waals surface area contributed by atoms with Gasteiger partial charge in [-0.3, -0.25) is 24.2 Å². The van der Waals surface area contributed by atoms with Gasteiger partial charge in [-0.05, 0) is 17.8 Å². The maximum absolute atomic E-state index is 11.1. The fourth-order valence-corrected chi connectivity index (χ4v) is 2.80. The molecule has 2 aromatic rings. The SMILES string of the molecule is Cn1[nH]c(=O)c(=O)nc1Sc1csc(C=O)c1. The summed E-state index contributed by atoms with van der Waals surface area (Å²) in [5.41, 5.74) is -1.58. The van der Waals surface area contributed by atoms with Gasteiger partial charge in [0.25, 0.3) is 0 Å². The van der Waals surface area contributed by atoms with Crippen LogP contribution in [-0.2, 0) is 7.05 Å². The minimum Gasteiger partial charge on any atom is -0.297 e. The summed E-state index contributed by atoms with van der Waals surface area (Å²) in [6.45, 7) is 0. The summed E-state index contributed by atoms with van der Waals surface area (Å²) in [7, 11) is 1.59. The molecule has 0 fully saturated rings. The number of hydrogen-bond acceptors (Lipinski definition) is 6. The number of hydrogen-bond donors (Lipinski definition) is 1. The van der Waals surface area contributed by atoms with Gasteiger partial charge in [0, 0.05) is 17.3 Å². The van der Waals surface area contributed by atoms with Gasteiger partial charge in [0.05, 0.1) is 4.88 Å². The van der Waals surface area contributed by atoms with Gasteiger partial charge in [-0.25, -0.2) is 0 Å². The summed E-state index contributed by atoms with van der Waals surface area (Å²) in [4.78, 5) is 37.7. The number of carbonyl (C=O) groups excluding carboxylic acids is 1. The standard InChI is InChI=1S/C9H7N3O3S2/c1-12-9(10-7(14)8(15)11-12)17-6-2-5(3-13)16-4-6/h2-4H,1H3,(H,11,15). The highest BCUT2D eigenvalue weighted by Crippen LogP contribution is 2.28. The van der Waals surface area contributed by atoms with E-state index < -0.39 is 11.1 Å². The normalized spacial score (nSPS) is 10.4. The zero-order valence-corrected chi connectivity index (χ0v) is 10.3. The molecule has 88 valence electrons. The number of nitrogens with one attached hydrogen (secondary N) is 1. The molecule has 0 aliphatic rings. The fraction of sp³-hybridized carbons (Fsp3) is 0.111. The van der Waals surface area contributed by atoms with Crippen molar-refractivity contribution in [3.8, 4) is 0 Å². The Labute approximate surface area is 103 Å². The molecule has 0 aliphatic heterocycles. The van der Waals surface area contributed by atoms with Gasteiger partial charge < -0.3 is 0 Å². The quantitative estimate of drug-likeness (QED) is 0.647. The van der Waals surface area contributed by atoms with Gasteiger partial charge in [0.2, 0.25) is 0 Å². The maximum Gasteiger partial charge on any atom is 0.339 e. The van der Waals surface area contributed by atoms with Crippen LogP contribution in [-0.4, -0.2) is 21.1 Å². The van der Waals surface area contributed by atoms with Crippen molar-refractivity contribution in [3.05, 3.63) is 37.0 Å². The Morgan fingerprint density at radius 3 is 2.94 bits per heavy atom. The molecule has 2 rings (SSSR count). The lowest BCUT2D eigenvalue weighted by Crippen LogP contribution is -2.33. The molecule has 6 nitrogen and oxygen atoms in total. The molecular formula is C9H7N3O3S2. The van der Waals surface area contributed by atoms with Crippen LogP contribution in [0.25, 0.3) is 0 Å². The third kappa shape index (κ3) is 2.53. The van der Waals surface area contributed by atoms with E-state index in [1.165, 1.54) is 27.8 Å². The summed E-state index contributed by atoms with van der Waals surface area (Å²) >= 11 is 2.51. The van der Waals surface area contributed by atoms with Crippen molar-refractivity contribution in [1.29, 1.82) is 0 Å². The first-order chi connectivity index (χ1) is 8.10. The monoisotopic (exact) mass is 269 g/mol. The second-order valence-electron chi connectivity index (χ2n) is 3.10. The van der Waals surface area contributed by atoms with Crippen LogP contribution >= 0.6 is 23.1 Å². The third-order valence-electron chi connectivity index (χ3n) is 1.87. The molecule has 0 spiro atoms. The zero-order chi connectivity index (χ0) is 12.4. The Bertz CT molecular complexity index is 671. The summed E-state index contributed by atoms with van der Waals surface area (Å²) < 4.78 is 1.37. The van der Waals surface area contributed by atoms with Crippen molar-refractivity contribution >= 4 is 29.4 Å². The van der Waals surface area contributed by atoms with E-state index in [2.05, 4.69) is 10.1 Å². The topological polar surface area (TPSA) is 84.8 Å². The number of aryl methyl sites for hydroxylation is 1. The van der Waals surface area contributed by atoms with E-state index in [0.29, 0.717) is 10.0 Å². The summed E-state index contributed by atoms with van der Waals surface area (Å²) in [5, 5.41) is 4.50. The first kappa shape index (κ1) is 11.8. The van der Waals surface area contributed by atoms with E-state index in [0.717, 1.165) is 11.2 Å². The van der Waals surface area contributed by atoms with Gasteiger partial charge in [0.1, 0.15) is 0 Å². The molecule has 0 atom stereocenters. The highest BCUT2D eigenvalue weighted by molar-refractivity contribution is 7.99. The van der Waals surface area contributed by atoms with Crippen LogP contribution in [0.3, 0.4) is 0 Å². The number of aromatic amines is 1. The van der Waals surface area contributed by atoms with Crippen LogP contribution in [0.5, 0.6) is 0 Å². The lowest BCUT2D eigenvalue weighted by Gasteiger charge is -2.03. The number of carbonyl (C=O) groups is 1. The first-order valence-electron chi connectivity index (χ1n) is 4.49. The molecule has 0 unspecified atom stereocenters. The molecule has 1 N–H and O–H groups in total. The lowest BCUT2D eigenvalue weighted by atomic mass is 10.5. The van der Waals surface area contributed by atoms with E-state index in [9.17, 15) is 14.4 Å². The molecule has 0 radical (unpaired) electrons. The molecule has 0 saturated heterocycles. The molecular weight excluding hydrogens is 262 g/mol. The van der Waals surface area contributed by atoms with E-state index in [1.54, 1.807) is 18.5 Å². The molecule has 8 heteroatoms. The van der Waals surface area contributed by atoms with E-state index in [-0.39, 0.29) is 0 Å². The van der Waals surface area contributed by atoms with Gasteiger partial charge in [-0.1, -0.05) is 0 Å². The van der Waals surface area contributed by atoms with Crippen LogP contribution in [0.4, 0.5) is 0 Å². The Balaban J connectivity index is 2.36. The first-order valence-corrected chi connectivity index (χ1v) is 6.18. The summed E-state index contributed by atoms with van der Waals surface area (Å²) in [6, 6.07) is 1.69. The minimum atomic E-state index is -0.823. The number of H-pyrrole nitrogens is 1. The van der Waals surface area contributed by atoms with E-state index in [1.807, 2.05) is 0 Å². The molecule has 0 aromatic carbocycles. The highest BCUT2D eigenvalue weighted by atomic mass is 32.2. The number of thiophene rings is 1. The van der Waals surface area contributed by atoms with Crippen LogP contribution in [0, 0.1) is 0 Å². The Kier molecular flexibility index (Phi) is 3.25. The predicted molar refractivity (Wildman–Crippen MR) is 63.9 cm³/mol. The average Bonchev–Trinajstić information content (AvgIpc) is 2.73. The zero-order valence-electron chi connectivity index (χ0n) is 8.67. The molecule has 0 saturated carbocycles. The Morgan fingerprint density at radius 1 is 1.53 bits per heavy atom. The van der Waals surface area contributed by atoms with Gasteiger partial charge in [0.15, 0.2) is 11.4 Å². The molecule has 2 heterocycles. The third-order valence-corrected chi connectivity index (χ3v) is 3.89. The number of aldehydes is 1. The smallest absolute Gasteiger partial charge is 0.297 e. The van der Waals surface area contributed by atoms with Crippen molar-refractivity contribution in [2.75, 3.05) is 0 Å². The van der Waals surface area contributed by atoms with Crippen molar-refractivity contribution in [3.63, 3.8) is 0 Å². The number of aromatic nitrogens is 3. The summed E-state index contributed by atoms with van der Waals surface area (Å²) in [5.74, 6) is 0. The van der Waals surface area contributed by atoms with Crippen molar-refractivity contribution < 1.29 is 4.79 Å². The highest BCUT2D eigenvalue weighted by Gasteiger charge is 2.07. The summed E-state index contributed by atoms with van der Waals surface area (Å²) in [6.07, 6.45) is 0.758. The number of nitrogens with zero attached hydrogens (tertiary/aromatic N) is 2. The van der Waals surface area contributed by atoms with E-state index in [4.69, 9.17) is 0 Å². The minimum absolute atomic E-state index is 0.366. The average molecular weight is 269 g/mol. The lowest BCUT2D eigenvalue weighted by molar-refractivity contribution is 0.112. The number of rotatable bonds is 3. The van der Waals surface area contributed by atoms with Gasteiger partial charge >= 0.3 is 11.1 Å². The van der Waals surface area contributed by atoms with Crippen LogP contribution in [0.15, 0.2) is 31.1 Å². The van der Waals surface area contributed by atoms with E-state index >= 15 is 0 Å². The molecule has 0 bridgehead atoms. The maximum atomic E-state index is 11.1. The van der Waals surface area contributed by atoms with Crippen molar-refractivity contribution in [2.45, 2.75) is 10.1 Å². The second kappa shape index (κ2) is 4.68. The molecule has 0 amide bonds. The van der Waals surface area contributed by atoms with Gasteiger partial charge in [-0.15, -0.1) is 11.3 Å². The van der Waals surface area contributed by atoms with Crippen LogP contribution in [0.1, 0.15) is 9.67 Å². The predicted octanol–water partition coefficient (Wildman–Crippen LogP) is 0.494. The molecule has 0 aliphatic carbocycles. The Hall–Kier alpha value is -1.67. The molecule has 17 heavy (non-hydrogen) atoms. The van der Waals surface area contributed by atoms with Crippen LogP contribution < -0.4 is 11.1 Å². The second-order valence-corrected chi connectivity index (χ2v) is 5.09. The Morgan fingerprint density at radius 2 is 2.29 bits per heavy atom. The largest absolute Gasteiger partial charge is 0.339 e. The van der Waals surface area contributed by atoms with Gasteiger partial charge in [-0.2, -0.15) is 4.98 Å². The van der Waals surface area contributed by atoms with Crippen molar-refractivity contribution in [2.24, 2.45) is 7.05 Å². The van der Waals surface area contributed by atoms with Crippen molar-refractivity contribution in [1.82, 2.24) is 14.8 Å². The molecule has 2 aromatic heterocycles. The van der Waals surface area contributed by atoms with Crippen LogP contribution in [0.2, 0.25) is 0 Å².